The third kappa shape index (κ3) is 4.11. The lowest BCUT2D eigenvalue weighted by Gasteiger charge is -2.21. The molecule has 19 heavy (non-hydrogen) atoms. The van der Waals surface area contributed by atoms with Crippen LogP contribution in [0.15, 0.2) is 59.2 Å². The standard InChI is InChI=1S/C17H24N2/c1-6-15(12-13(2)3)14(4)17(19(5)18)16-10-8-7-9-11-16/h6-12H,18H2,1-5H3/b15-6+,17-14+. The summed E-state index contributed by atoms with van der Waals surface area (Å²) in [5, 5.41) is 1.69. The molecule has 0 aromatic heterocycles. The SMILES string of the molecule is C/C=C(C=C(C)C)/C(C)=C(\c1ccccc1)N(C)N. The molecule has 2 nitrogen and oxygen atoms in total. The van der Waals surface area contributed by atoms with E-state index in [-0.39, 0.29) is 0 Å². The third-order valence-corrected chi connectivity index (χ3v) is 2.94. The maximum Gasteiger partial charge on any atom is 0.0621 e. The first-order chi connectivity index (χ1) is 8.97. The predicted molar refractivity (Wildman–Crippen MR) is 84.2 cm³/mol. The van der Waals surface area contributed by atoms with Gasteiger partial charge in [0.1, 0.15) is 0 Å². The minimum Gasteiger partial charge on any atom is -0.313 e. The highest BCUT2D eigenvalue weighted by molar-refractivity contribution is 5.71. The Balaban J connectivity index is 3.39. The Kier molecular flexibility index (Phi) is 5.58. The molecule has 102 valence electrons. The van der Waals surface area contributed by atoms with Crippen molar-refractivity contribution < 1.29 is 0 Å². The van der Waals surface area contributed by atoms with E-state index in [0.717, 1.165) is 11.3 Å². The van der Waals surface area contributed by atoms with Gasteiger partial charge in [-0.1, -0.05) is 48.1 Å². The molecule has 0 amide bonds. The molecule has 0 spiro atoms. The number of benzene rings is 1. The monoisotopic (exact) mass is 256 g/mol. The first kappa shape index (κ1) is 15.3. The van der Waals surface area contributed by atoms with Crippen molar-refractivity contribution in [1.29, 1.82) is 0 Å². The molecular weight excluding hydrogens is 232 g/mol. The van der Waals surface area contributed by atoms with E-state index in [1.54, 1.807) is 5.01 Å². The molecule has 0 radical (unpaired) electrons. The lowest BCUT2D eigenvalue weighted by molar-refractivity contribution is 0.508. The van der Waals surface area contributed by atoms with Gasteiger partial charge in [0.25, 0.3) is 0 Å². The average molecular weight is 256 g/mol. The minimum atomic E-state index is 1.05. The number of nitrogens with zero attached hydrogens (tertiary/aromatic N) is 1. The Hall–Kier alpha value is -1.80. The summed E-state index contributed by atoms with van der Waals surface area (Å²) in [5.41, 5.74) is 5.84. The molecule has 0 aliphatic rings. The van der Waals surface area contributed by atoms with E-state index in [2.05, 4.69) is 52.0 Å². The van der Waals surface area contributed by atoms with Crippen LogP contribution in [0.5, 0.6) is 0 Å². The molecule has 0 atom stereocenters. The molecule has 0 saturated carbocycles. The largest absolute Gasteiger partial charge is 0.313 e. The summed E-state index contributed by atoms with van der Waals surface area (Å²) in [5.74, 6) is 6.02. The molecule has 1 rings (SSSR count). The van der Waals surface area contributed by atoms with E-state index in [9.17, 15) is 0 Å². The van der Waals surface area contributed by atoms with Gasteiger partial charge in [-0.3, -0.25) is 0 Å². The van der Waals surface area contributed by atoms with Gasteiger partial charge in [-0.2, -0.15) is 0 Å². The fraction of sp³-hybridized carbons (Fsp3) is 0.294. The molecule has 0 saturated heterocycles. The Morgan fingerprint density at radius 2 is 1.68 bits per heavy atom. The normalized spacial score (nSPS) is 12.8. The minimum absolute atomic E-state index is 1.05. The summed E-state index contributed by atoms with van der Waals surface area (Å²) in [6.45, 7) is 8.37. The topological polar surface area (TPSA) is 29.3 Å². The molecule has 1 aromatic rings. The van der Waals surface area contributed by atoms with Crippen LogP contribution >= 0.6 is 0 Å². The summed E-state index contributed by atoms with van der Waals surface area (Å²) in [6.07, 6.45) is 4.30. The van der Waals surface area contributed by atoms with Gasteiger partial charge in [0.15, 0.2) is 0 Å². The zero-order valence-corrected chi connectivity index (χ0v) is 12.6. The predicted octanol–water partition coefficient (Wildman–Crippen LogP) is 4.14. The van der Waals surface area contributed by atoms with Crippen molar-refractivity contribution in [1.82, 2.24) is 5.01 Å². The van der Waals surface area contributed by atoms with Gasteiger partial charge in [0.05, 0.1) is 5.70 Å². The fourth-order valence-corrected chi connectivity index (χ4v) is 2.14. The van der Waals surface area contributed by atoms with Crippen molar-refractivity contribution in [2.45, 2.75) is 27.7 Å². The van der Waals surface area contributed by atoms with Crippen LogP contribution in [0, 0.1) is 0 Å². The Morgan fingerprint density at radius 1 is 1.11 bits per heavy atom. The van der Waals surface area contributed by atoms with Crippen LogP contribution in [0.25, 0.3) is 5.70 Å². The number of hydrogen-bond donors (Lipinski definition) is 1. The van der Waals surface area contributed by atoms with E-state index < -0.39 is 0 Å². The molecule has 0 fully saturated rings. The second-order valence-electron chi connectivity index (χ2n) is 4.92. The second kappa shape index (κ2) is 6.95. The molecule has 2 heteroatoms. The van der Waals surface area contributed by atoms with Crippen molar-refractivity contribution in [2.75, 3.05) is 7.05 Å². The lowest BCUT2D eigenvalue weighted by Crippen LogP contribution is -2.25. The lowest BCUT2D eigenvalue weighted by atomic mass is 9.99. The zero-order chi connectivity index (χ0) is 14.4. The molecule has 0 aliphatic heterocycles. The first-order valence-corrected chi connectivity index (χ1v) is 6.53. The number of hydrogen-bond acceptors (Lipinski definition) is 2. The molecule has 0 unspecified atom stereocenters. The third-order valence-electron chi connectivity index (χ3n) is 2.94. The second-order valence-corrected chi connectivity index (χ2v) is 4.92. The number of hydrazine groups is 1. The number of nitrogens with two attached hydrogens (primary N) is 1. The molecule has 0 heterocycles. The van der Waals surface area contributed by atoms with Crippen molar-refractivity contribution in [3.8, 4) is 0 Å². The average Bonchev–Trinajstić information content (AvgIpc) is 2.36. The van der Waals surface area contributed by atoms with Gasteiger partial charge in [-0.15, -0.1) is 0 Å². The smallest absolute Gasteiger partial charge is 0.0621 e. The van der Waals surface area contributed by atoms with Crippen LogP contribution < -0.4 is 5.84 Å². The quantitative estimate of drug-likeness (QED) is 0.498. The Labute approximate surface area is 116 Å². The van der Waals surface area contributed by atoms with E-state index in [0.29, 0.717) is 0 Å². The summed E-state index contributed by atoms with van der Waals surface area (Å²) in [4.78, 5) is 0. The van der Waals surface area contributed by atoms with Gasteiger partial charge in [0.2, 0.25) is 0 Å². The maximum absolute atomic E-state index is 6.02. The van der Waals surface area contributed by atoms with Crippen molar-refractivity contribution in [3.05, 3.63) is 64.8 Å². The van der Waals surface area contributed by atoms with E-state index in [1.807, 2.05) is 25.2 Å². The fourth-order valence-electron chi connectivity index (χ4n) is 2.14. The first-order valence-electron chi connectivity index (χ1n) is 6.53. The summed E-state index contributed by atoms with van der Waals surface area (Å²) < 4.78 is 0. The summed E-state index contributed by atoms with van der Waals surface area (Å²) in [7, 11) is 1.88. The molecule has 0 bridgehead atoms. The van der Waals surface area contributed by atoms with Gasteiger partial charge < -0.3 is 5.01 Å². The molecule has 2 N–H and O–H groups in total. The molecule has 1 aromatic carbocycles. The van der Waals surface area contributed by atoms with Crippen LogP contribution in [0.2, 0.25) is 0 Å². The van der Waals surface area contributed by atoms with Crippen molar-refractivity contribution in [2.24, 2.45) is 5.84 Å². The zero-order valence-electron chi connectivity index (χ0n) is 12.6. The van der Waals surface area contributed by atoms with Crippen molar-refractivity contribution in [3.63, 3.8) is 0 Å². The summed E-state index contributed by atoms with van der Waals surface area (Å²) >= 11 is 0. The van der Waals surface area contributed by atoms with Crippen LogP contribution in [0.1, 0.15) is 33.3 Å². The number of rotatable bonds is 4. The maximum atomic E-state index is 6.02. The van der Waals surface area contributed by atoms with Crippen LogP contribution in [0.4, 0.5) is 0 Å². The van der Waals surface area contributed by atoms with Gasteiger partial charge >= 0.3 is 0 Å². The molecule has 0 aliphatic carbocycles. The Morgan fingerprint density at radius 3 is 2.11 bits per heavy atom. The van der Waals surface area contributed by atoms with Crippen LogP contribution in [0.3, 0.4) is 0 Å². The highest BCUT2D eigenvalue weighted by atomic mass is 15.4. The highest BCUT2D eigenvalue weighted by Crippen LogP contribution is 2.25. The van der Waals surface area contributed by atoms with Gasteiger partial charge in [-0.25, -0.2) is 5.84 Å². The van der Waals surface area contributed by atoms with E-state index in [4.69, 9.17) is 5.84 Å². The van der Waals surface area contributed by atoms with Gasteiger partial charge in [-0.05, 0) is 44.4 Å². The van der Waals surface area contributed by atoms with E-state index >= 15 is 0 Å². The summed E-state index contributed by atoms with van der Waals surface area (Å²) in [6, 6.07) is 10.2. The van der Waals surface area contributed by atoms with E-state index in [1.165, 1.54) is 16.7 Å². The van der Waals surface area contributed by atoms with Crippen LogP contribution in [-0.4, -0.2) is 12.1 Å². The number of allylic oxidation sites excluding steroid dienone is 5. The molecular formula is C17H24N2. The van der Waals surface area contributed by atoms with Crippen LogP contribution in [-0.2, 0) is 0 Å². The van der Waals surface area contributed by atoms with Gasteiger partial charge in [0, 0.05) is 7.05 Å². The highest BCUT2D eigenvalue weighted by Gasteiger charge is 2.10. The Bertz CT molecular complexity index is 501. The van der Waals surface area contributed by atoms with Crippen molar-refractivity contribution >= 4 is 5.70 Å².